The highest BCUT2D eigenvalue weighted by atomic mass is 35.5. The third-order valence-electron chi connectivity index (χ3n) is 4.61. The Kier molecular flexibility index (Phi) is 5.54. The maximum atomic E-state index is 12.3. The molecule has 150 valence electrons. The summed E-state index contributed by atoms with van der Waals surface area (Å²) in [4.78, 5) is 24.5. The zero-order chi connectivity index (χ0) is 21.1. The third-order valence-corrected chi connectivity index (χ3v) is 4.86. The van der Waals surface area contributed by atoms with Crippen LogP contribution < -0.4 is 5.32 Å². The molecule has 0 unspecified atom stereocenters. The molecule has 2 aromatic carbocycles. The van der Waals surface area contributed by atoms with Crippen LogP contribution in [0.1, 0.15) is 29.0 Å². The number of aryl methyl sites for hydroxylation is 1. The summed E-state index contributed by atoms with van der Waals surface area (Å²) in [5.74, 6) is 0.367. The van der Waals surface area contributed by atoms with E-state index in [1.807, 2.05) is 37.3 Å². The lowest BCUT2D eigenvalue weighted by Gasteiger charge is -2.08. The highest BCUT2D eigenvalue weighted by Crippen LogP contribution is 2.21. The van der Waals surface area contributed by atoms with Gasteiger partial charge in [-0.05, 0) is 55.5 Å². The molecule has 8 heteroatoms. The molecule has 0 saturated carbocycles. The molecule has 0 aliphatic rings. The Morgan fingerprint density at radius 1 is 1.00 bits per heavy atom. The zero-order valence-electron chi connectivity index (χ0n) is 16.2. The number of carbonyl (C=O) groups excluding carboxylic acids is 2. The van der Waals surface area contributed by atoms with Gasteiger partial charge in [-0.3, -0.25) is 9.59 Å². The maximum Gasteiger partial charge on any atom is 0.224 e. The minimum atomic E-state index is -0.229. The first-order valence-electron chi connectivity index (χ1n) is 9.38. The molecule has 0 saturated heterocycles. The minimum absolute atomic E-state index is 0.0931. The van der Waals surface area contributed by atoms with Crippen molar-refractivity contribution in [3.63, 3.8) is 0 Å². The normalized spacial score (nSPS) is 10.9. The van der Waals surface area contributed by atoms with Gasteiger partial charge < -0.3 is 5.32 Å². The number of anilines is 1. The summed E-state index contributed by atoms with van der Waals surface area (Å²) in [6.45, 7) is 1.83. The molecule has 2 heterocycles. The highest BCUT2D eigenvalue weighted by molar-refractivity contribution is 6.30. The van der Waals surface area contributed by atoms with Crippen molar-refractivity contribution >= 4 is 34.6 Å². The standard InChI is InChI=1S/C22H18ClN5O2/c1-14-25-26-21-11-9-19(27-28(14)21)16-3-2-4-18(13-16)24-22(30)12-10-20(29)15-5-7-17(23)8-6-15/h2-9,11,13H,10,12H2,1H3,(H,24,30). The second kappa shape index (κ2) is 8.42. The van der Waals surface area contributed by atoms with Crippen LogP contribution in [0.15, 0.2) is 60.7 Å². The number of nitrogens with zero attached hydrogens (tertiary/aromatic N) is 4. The fourth-order valence-corrected chi connectivity index (χ4v) is 3.16. The van der Waals surface area contributed by atoms with Gasteiger partial charge in [-0.15, -0.1) is 10.2 Å². The van der Waals surface area contributed by atoms with Crippen LogP contribution in [0, 0.1) is 6.92 Å². The molecule has 0 aliphatic carbocycles. The summed E-state index contributed by atoms with van der Waals surface area (Å²) in [6, 6.07) is 17.7. The molecular formula is C22H18ClN5O2. The monoisotopic (exact) mass is 419 g/mol. The van der Waals surface area contributed by atoms with Crippen LogP contribution in [0.5, 0.6) is 0 Å². The van der Waals surface area contributed by atoms with Gasteiger partial charge in [0.1, 0.15) is 0 Å². The number of ketones is 1. The van der Waals surface area contributed by atoms with Crippen molar-refractivity contribution in [3.05, 3.63) is 77.1 Å². The molecule has 0 aliphatic heterocycles. The highest BCUT2D eigenvalue weighted by Gasteiger charge is 2.11. The van der Waals surface area contributed by atoms with Crippen LogP contribution in [0.2, 0.25) is 5.02 Å². The molecule has 1 N–H and O–H groups in total. The predicted octanol–water partition coefficient (Wildman–Crippen LogP) is 4.35. The Labute approximate surface area is 177 Å². The van der Waals surface area contributed by atoms with Crippen LogP contribution in [-0.4, -0.2) is 31.5 Å². The van der Waals surface area contributed by atoms with Crippen molar-refractivity contribution < 1.29 is 9.59 Å². The summed E-state index contributed by atoms with van der Waals surface area (Å²) >= 11 is 5.83. The molecule has 0 bridgehead atoms. The Hall–Kier alpha value is -3.58. The second-order valence-corrected chi connectivity index (χ2v) is 7.23. The number of Topliss-reactive ketones (excluding diaryl/α,β-unsaturated/α-hetero) is 1. The summed E-state index contributed by atoms with van der Waals surface area (Å²) in [5.41, 5.74) is 3.43. The molecular weight excluding hydrogens is 402 g/mol. The number of aromatic nitrogens is 4. The lowest BCUT2D eigenvalue weighted by molar-refractivity contribution is -0.116. The van der Waals surface area contributed by atoms with Gasteiger partial charge in [-0.25, -0.2) is 0 Å². The lowest BCUT2D eigenvalue weighted by Crippen LogP contribution is -2.13. The van der Waals surface area contributed by atoms with Crippen molar-refractivity contribution in [3.8, 4) is 11.3 Å². The van der Waals surface area contributed by atoms with E-state index in [4.69, 9.17) is 11.6 Å². The number of hydrogen-bond donors (Lipinski definition) is 1. The van der Waals surface area contributed by atoms with Crippen LogP contribution in [-0.2, 0) is 4.79 Å². The van der Waals surface area contributed by atoms with Crippen molar-refractivity contribution in [1.29, 1.82) is 0 Å². The van der Waals surface area contributed by atoms with Gasteiger partial charge in [0.25, 0.3) is 0 Å². The molecule has 4 aromatic rings. The fourth-order valence-electron chi connectivity index (χ4n) is 3.04. The van der Waals surface area contributed by atoms with Crippen molar-refractivity contribution in [2.75, 3.05) is 5.32 Å². The summed E-state index contributed by atoms with van der Waals surface area (Å²) in [7, 11) is 0. The van der Waals surface area contributed by atoms with Crippen molar-refractivity contribution in [1.82, 2.24) is 19.8 Å². The topological polar surface area (TPSA) is 89.2 Å². The van der Waals surface area contributed by atoms with E-state index in [2.05, 4.69) is 20.6 Å². The fraction of sp³-hybridized carbons (Fsp3) is 0.136. The molecule has 30 heavy (non-hydrogen) atoms. The van der Waals surface area contributed by atoms with E-state index in [0.717, 1.165) is 11.3 Å². The van der Waals surface area contributed by atoms with Gasteiger partial charge in [0.2, 0.25) is 5.91 Å². The van der Waals surface area contributed by atoms with E-state index < -0.39 is 0 Å². The van der Waals surface area contributed by atoms with Gasteiger partial charge in [-0.1, -0.05) is 23.7 Å². The molecule has 0 spiro atoms. The largest absolute Gasteiger partial charge is 0.326 e. The minimum Gasteiger partial charge on any atom is -0.326 e. The van der Waals surface area contributed by atoms with Crippen molar-refractivity contribution in [2.45, 2.75) is 19.8 Å². The number of benzene rings is 2. The van der Waals surface area contributed by atoms with E-state index in [-0.39, 0.29) is 24.5 Å². The number of nitrogens with one attached hydrogen (secondary N) is 1. The first-order chi connectivity index (χ1) is 14.5. The molecule has 2 aromatic heterocycles. The Balaban J connectivity index is 1.42. The average molecular weight is 420 g/mol. The van der Waals surface area contributed by atoms with Gasteiger partial charge in [0, 0.05) is 34.7 Å². The molecule has 7 nitrogen and oxygen atoms in total. The first kappa shape index (κ1) is 19.7. The third kappa shape index (κ3) is 4.36. The van der Waals surface area contributed by atoms with E-state index >= 15 is 0 Å². The van der Waals surface area contributed by atoms with Crippen LogP contribution in [0.3, 0.4) is 0 Å². The molecule has 0 atom stereocenters. The van der Waals surface area contributed by atoms with E-state index in [0.29, 0.717) is 27.7 Å². The number of fused-ring (bicyclic) bond motifs is 1. The van der Waals surface area contributed by atoms with Gasteiger partial charge >= 0.3 is 0 Å². The number of halogens is 1. The number of hydrogen-bond acceptors (Lipinski definition) is 5. The summed E-state index contributed by atoms with van der Waals surface area (Å²) < 4.78 is 1.67. The number of rotatable bonds is 6. The Morgan fingerprint density at radius 2 is 1.80 bits per heavy atom. The van der Waals surface area contributed by atoms with Crippen LogP contribution in [0.25, 0.3) is 16.9 Å². The van der Waals surface area contributed by atoms with Gasteiger partial charge in [-0.2, -0.15) is 9.61 Å². The second-order valence-electron chi connectivity index (χ2n) is 6.79. The zero-order valence-corrected chi connectivity index (χ0v) is 16.9. The van der Waals surface area contributed by atoms with Crippen LogP contribution >= 0.6 is 11.6 Å². The SMILES string of the molecule is Cc1nnc2ccc(-c3cccc(NC(=O)CCC(=O)c4ccc(Cl)cc4)c3)nn12. The summed E-state index contributed by atoms with van der Waals surface area (Å²) in [5, 5.41) is 16.0. The first-order valence-corrected chi connectivity index (χ1v) is 9.75. The quantitative estimate of drug-likeness (QED) is 0.469. The van der Waals surface area contributed by atoms with Crippen LogP contribution in [0.4, 0.5) is 5.69 Å². The predicted molar refractivity (Wildman–Crippen MR) is 115 cm³/mol. The smallest absolute Gasteiger partial charge is 0.224 e. The lowest BCUT2D eigenvalue weighted by atomic mass is 10.1. The van der Waals surface area contributed by atoms with E-state index in [1.54, 1.807) is 34.8 Å². The van der Waals surface area contributed by atoms with E-state index in [9.17, 15) is 9.59 Å². The average Bonchev–Trinajstić information content (AvgIpc) is 3.13. The molecule has 0 fully saturated rings. The Morgan fingerprint density at radius 3 is 2.60 bits per heavy atom. The summed E-state index contributed by atoms with van der Waals surface area (Å²) in [6.07, 6.45) is 0.216. The Bertz CT molecular complexity index is 1230. The molecule has 1 amide bonds. The number of amides is 1. The molecule has 0 radical (unpaired) electrons. The van der Waals surface area contributed by atoms with Crippen molar-refractivity contribution in [2.24, 2.45) is 0 Å². The number of carbonyl (C=O) groups is 2. The van der Waals surface area contributed by atoms with Gasteiger partial charge in [0.05, 0.1) is 5.69 Å². The maximum absolute atomic E-state index is 12.3. The molecule has 4 rings (SSSR count). The van der Waals surface area contributed by atoms with E-state index in [1.165, 1.54) is 0 Å². The van der Waals surface area contributed by atoms with Gasteiger partial charge in [0.15, 0.2) is 17.3 Å².